The van der Waals surface area contributed by atoms with Gasteiger partial charge in [0.2, 0.25) is 0 Å². The maximum Gasteiger partial charge on any atom is 0.319 e. The van der Waals surface area contributed by atoms with Gasteiger partial charge in [-0.3, -0.25) is 0 Å². The van der Waals surface area contributed by atoms with Crippen LogP contribution in [0, 0.1) is 13.8 Å². The summed E-state index contributed by atoms with van der Waals surface area (Å²) in [5, 5.41) is 9.71. The van der Waals surface area contributed by atoms with Crippen molar-refractivity contribution in [2.45, 2.75) is 39.2 Å². The third-order valence-electron chi connectivity index (χ3n) is 3.95. The van der Waals surface area contributed by atoms with Crippen molar-refractivity contribution in [1.82, 2.24) is 10.5 Å². The third kappa shape index (κ3) is 2.77. The van der Waals surface area contributed by atoms with Crippen LogP contribution in [0.3, 0.4) is 0 Å². The number of nitrogens with one attached hydrogen (secondary N) is 2. The van der Waals surface area contributed by atoms with E-state index in [4.69, 9.17) is 4.52 Å². The number of carbonyl (C=O) groups excluding carboxylic acids is 1. The Kier molecular flexibility index (Phi) is 3.64. The largest absolute Gasteiger partial charge is 0.359 e. The molecule has 2 N–H and O–H groups in total. The first kappa shape index (κ1) is 13.7. The van der Waals surface area contributed by atoms with Crippen LogP contribution in [0.1, 0.15) is 41.5 Å². The quantitative estimate of drug-likeness (QED) is 0.887. The Labute approximate surface area is 123 Å². The molecule has 0 radical (unpaired) electrons. The second-order valence-corrected chi connectivity index (χ2v) is 5.44. The van der Waals surface area contributed by atoms with E-state index in [1.807, 2.05) is 19.1 Å². The Morgan fingerprint density at radius 1 is 1.33 bits per heavy atom. The van der Waals surface area contributed by atoms with Crippen molar-refractivity contribution in [2.75, 3.05) is 5.32 Å². The fourth-order valence-electron chi connectivity index (χ4n) is 2.87. The van der Waals surface area contributed by atoms with Gasteiger partial charge in [0.1, 0.15) is 11.4 Å². The summed E-state index contributed by atoms with van der Waals surface area (Å²) in [6, 6.07) is 8.14. The van der Waals surface area contributed by atoms with Gasteiger partial charge in [0.15, 0.2) is 5.76 Å². The fraction of sp³-hybridized carbons (Fsp3) is 0.375. The van der Waals surface area contributed by atoms with E-state index in [9.17, 15) is 4.79 Å². The lowest BCUT2D eigenvalue weighted by Gasteiger charge is -2.26. The second kappa shape index (κ2) is 5.60. The van der Waals surface area contributed by atoms with E-state index in [0.717, 1.165) is 19.3 Å². The van der Waals surface area contributed by atoms with Crippen LogP contribution in [0.5, 0.6) is 0 Å². The van der Waals surface area contributed by atoms with Gasteiger partial charge >= 0.3 is 6.03 Å². The molecule has 0 saturated carbocycles. The fourth-order valence-corrected chi connectivity index (χ4v) is 2.87. The van der Waals surface area contributed by atoms with Crippen molar-refractivity contribution in [1.29, 1.82) is 0 Å². The molecule has 2 aromatic rings. The van der Waals surface area contributed by atoms with Crippen molar-refractivity contribution in [3.05, 3.63) is 46.8 Å². The standard InChI is InChI=1S/C16H19N3O2/c1-10-15(11(2)21-19-10)18-16(20)17-14-9-5-7-12-6-3-4-8-13(12)14/h3-4,6,8,14H,5,7,9H2,1-2H3,(H2,17,18,20)/t14-/m0/s1. The molecule has 110 valence electrons. The molecule has 0 aliphatic heterocycles. The molecular weight excluding hydrogens is 266 g/mol. The van der Waals surface area contributed by atoms with Crippen molar-refractivity contribution in [2.24, 2.45) is 0 Å². The molecule has 0 fully saturated rings. The van der Waals surface area contributed by atoms with E-state index in [-0.39, 0.29) is 12.1 Å². The topological polar surface area (TPSA) is 67.2 Å². The Morgan fingerprint density at radius 3 is 2.90 bits per heavy atom. The molecule has 21 heavy (non-hydrogen) atoms. The highest BCUT2D eigenvalue weighted by Gasteiger charge is 2.22. The van der Waals surface area contributed by atoms with Gasteiger partial charge in [0.25, 0.3) is 0 Å². The number of urea groups is 1. The van der Waals surface area contributed by atoms with Gasteiger partial charge in [-0.15, -0.1) is 0 Å². The normalized spacial score (nSPS) is 17.1. The molecular formula is C16H19N3O2. The molecule has 0 saturated heterocycles. The second-order valence-electron chi connectivity index (χ2n) is 5.44. The Balaban J connectivity index is 1.72. The van der Waals surface area contributed by atoms with Crippen molar-refractivity contribution in [3.8, 4) is 0 Å². The smallest absolute Gasteiger partial charge is 0.319 e. The lowest BCUT2D eigenvalue weighted by molar-refractivity contribution is 0.247. The number of amides is 2. The molecule has 1 aliphatic carbocycles. The average Bonchev–Trinajstić information content (AvgIpc) is 2.79. The van der Waals surface area contributed by atoms with Crippen LogP contribution in [0.15, 0.2) is 28.8 Å². The SMILES string of the molecule is Cc1noc(C)c1NC(=O)N[C@H]1CCCc2ccccc21. The summed E-state index contributed by atoms with van der Waals surface area (Å²) < 4.78 is 5.05. The summed E-state index contributed by atoms with van der Waals surface area (Å²) in [5.41, 5.74) is 3.88. The molecule has 2 amide bonds. The van der Waals surface area contributed by atoms with Crippen LogP contribution in [-0.4, -0.2) is 11.2 Å². The zero-order chi connectivity index (χ0) is 14.8. The van der Waals surface area contributed by atoms with Gasteiger partial charge in [0.05, 0.1) is 6.04 Å². The zero-order valence-corrected chi connectivity index (χ0v) is 12.3. The number of benzene rings is 1. The summed E-state index contributed by atoms with van der Waals surface area (Å²) in [7, 11) is 0. The van der Waals surface area contributed by atoms with Crippen LogP contribution >= 0.6 is 0 Å². The van der Waals surface area contributed by atoms with E-state index in [2.05, 4.69) is 27.9 Å². The van der Waals surface area contributed by atoms with Crippen LogP contribution < -0.4 is 10.6 Å². The predicted octanol–water partition coefficient (Wildman–Crippen LogP) is 3.49. The predicted molar refractivity (Wildman–Crippen MR) is 80.3 cm³/mol. The molecule has 1 heterocycles. The number of rotatable bonds is 2. The maximum absolute atomic E-state index is 12.2. The van der Waals surface area contributed by atoms with Crippen LogP contribution in [0.25, 0.3) is 0 Å². The van der Waals surface area contributed by atoms with Gasteiger partial charge in [-0.25, -0.2) is 4.79 Å². The first-order valence-electron chi connectivity index (χ1n) is 7.23. The number of nitrogens with zero attached hydrogens (tertiary/aromatic N) is 1. The molecule has 0 bridgehead atoms. The molecule has 1 atom stereocenters. The van der Waals surface area contributed by atoms with Gasteiger partial charge in [-0.1, -0.05) is 29.4 Å². The third-order valence-corrected chi connectivity index (χ3v) is 3.95. The number of anilines is 1. The molecule has 5 nitrogen and oxygen atoms in total. The molecule has 1 aromatic carbocycles. The number of carbonyl (C=O) groups is 1. The van der Waals surface area contributed by atoms with E-state index in [1.54, 1.807) is 6.92 Å². The Morgan fingerprint density at radius 2 is 2.14 bits per heavy atom. The van der Waals surface area contributed by atoms with Crippen LogP contribution in [0.4, 0.5) is 10.5 Å². The first-order chi connectivity index (χ1) is 10.1. The molecule has 0 unspecified atom stereocenters. The van der Waals surface area contributed by atoms with E-state index in [0.29, 0.717) is 17.1 Å². The molecule has 5 heteroatoms. The van der Waals surface area contributed by atoms with Crippen molar-refractivity contribution < 1.29 is 9.32 Å². The number of hydrogen-bond donors (Lipinski definition) is 2. The van der Waals surface area contributed by atoms with Gasteiger partial charge in [-0.2, -0.15) is 0 Å². The minimum atomic E-state index is -0.217. The number of aryl methyl sites for hydroxylation is 3. The highest BCUT2D eigenvalue weighted by Crippen LogP contribution is 2.29. The summed E-state index contributed by atoms with van der Waals surface area (Å²) in [6.07, 6.45) is 3.14. The summed E-state index contributed by atoms with van der Waals surface area (Å²) in [4.78, 5) is 12.2. The van der Waals surface area contributed by atoms with Gasteiger partial charge < -0.3 is 15.2 Å². The Bertz CT molecular complexity index is 644. The molecule has 3 rings (SSSR count). The summed E-state index contributed by atoms with van der Waals surface area (Å²) in [6.45, 7) is 3.59. The molecule has 1 aliphatic rings. The Hall–Kier alpha value is -2.30. The van der Waals surface area contributed by atoms with Crippen molar-refractivity contribution >= 4 is 11.7 Å². The van der Waals surface area contributed by atoms with E-state index in [1.165, 1.54) is 11.1 Å². The molecule has 0 spiro atoms. The van der Waals surface area contributed by atoms with Crippen LogP contribution in [-0.2, 0) is 6.42 Å². The lowest BCUT2D eigenvalue weighted by atomic mass is 9.88. The monoisotopic (exact) mass is 285 g/mol. The number of hydrogen-bond acceptors (Lipinski definition) is 3. The summed E-state index contributed by atoms with van der Waals surface area (Å²) >= 11 is 0. The minimum Gasteiger partial charge on any atom is -0.359 e. The summed E-state index contributed by atoms with van der Waals surface area (Å²) in [5.74, 6) is 0.617. The van der Waals surface area contributed by atoms with E-state index < -0.39 is 0 Å². The highest BCUT2D eigenvalue weighted by molar-refractivity contribution is 5.90. The van der Waals surface area contributed by atoms with Crippen LogP contribution in [0.2, 0.25) is 0 Å². The zero-order valence-electron chi connectivity index (χ0n) is 12.3. The van der Waals surface area contributed by atoms with Gasteiger partial charge in [-0.05, 0) is 44.2 Å². The van der Waals surface area contributed by atoms with E-state index >= 15 is 0 Å². The number of fused-ring (bicyclic) bond motifs is 1. The maximum atomic E-state index is 12.2. The van der Waals surface area contributed by atoms with Crippen molar-refractivity contribution in [3.63, 3.8) is 0 Å². The highest BCUT2D eigenvalue weighted by atomic mass is 16.5. The molecule has 1 aromatic heterocycles. The first-order valence-corrected chi connectivity index (χ1v) is 7.23. The average molecular weight is 285 g/mol. The minimum absolute atomic E-state index is 0.0652. The number of aromatic nitrogens is 1. The lowest BCUT2D eigenvalue weighted by Crippen LogP contribution is -2.34. The van der Waals surface area contributed by atoms with Gasteiger partial charge in [0, 0.05) is 0 Å².